The van der Waals surface area contributed by atoms with Crippen molar-refractivity contribution in [3.63, 3.8) is 0 Å². The van der Waals surface area contributed by atoms with Gasteiger partial charge < -0.3 is 10.6 Å². The first-order valence-corrected chi connectivity index (χ1v) is 8.09. The summed E-state index contributed by atoms with van der Waals surface area (Å²) in [6, 6.07) is 13.7. The van der Waals surface area contributed by atoms with Crippen LogP contribution in [0.25, 0.3) is 0 Å². The summed E-state index contributed by atoms with van der Waals surface area (Å²) in [6.07, 6.45) is 1.02. The standard InChI is InChI=1S/C17H19IN2O/c1-3-10-19-16-9-4-12(2)11-15(16)17(21)20-14-7-5-13(18)6-8-14/h4-9,11,19H,3,10H2,1-2H3,(H,20,21). The highest BCUT2D eigenvalue weighted by Gasteiger charge is 2.11. The van der Waals surface area contributed by atoms with Gasteiger partial charge in [0.05, 0.1) is 5.56 Å². The van der Waals surface area contributed by atoms with Gasteiger partial charge in [0.1, 0.15) is 0 Å². The van der Waals surface area contributed by atoms with Gasteiger partial charge in [-0.25, -0.2) is 0 Å². The quantitative estimate of drug-likeness (QED) is 0.724. The Kier molecular flexibility index (Phi) is 5.61. The summed E-state index contributed by atoms with van der Waals surface area (Å²) in [5, 5.41) is 6.25. The molecule has 0 aliphatic heterocycles. The number of hydrogen-bond acceptors (Lipinski definition) is 2. The first-order valence-electron chi connectivity index (χ1n) is 7.01. The van der Waals surface area contributed by atoms with Crippen molar-refractivity contribution >= 4 is 39.9 Å². The van der Waals surface area contributed by atoms with Gasteiger partial charge >= 0.3 is 0 Å². The van der Waals surface area contributed by atoms with Crippen LogP contribution in [0.1, 0.15) is 29.3 Å². The van der Waals surface area contributed by atoms with Crippen LogP contribution in [0.5, 0.6) is 0 Å². The van der Waals surface area contributed by atoms with Gasteiger partial charge in [0.15, 0.2) is 0 Å². The van der Waals surface area contributed by atoms with Crippen molar-refractivity contribution in [1.82, 2.24) is 0 Å². The van der Waals surface area contributed by atoms with Gasteiger partial charge in [-0.3, -0.25) is 4.79 Å². The number of hydrogen-bond donors (Lipinski definition) is 2. The van der Waals surface area contributed by atoms with Gasteiger partial charge in [0, 0.05) is 21.5 Å². The molecule has 0 aliphatic rings. The monoisotopic (exact) mass is 394 g/mol. The highest BCUT2D eigenvalue weighted by molar-refractivity contribution is 14.1. The van der Waals surface area contributed by atoms with Crippen LogP contribution in [-0.2, 0) is 0 Å². The molecule has 2 aromatic rings. The Balaban J connectivity index is 2.20. The molecular formula is C17H19IN2O. The summed E-state index contributed by atoms with van der Waals surface area (Å²) in [5.41, 5.74) is 3.45. The smallest absolute Gasteiger partial charge is 0.257 e. The molecule has 2 aromatic carbocycles. The minimum atomic E-state index is -0.0847. The Morgan fingerprint density at radius 1 is 1.14 bits per heavy atom. The number of carbonyl (C=O) groups excluding carboxylic acids is 1. The second kappa shape index (κ2) is 7.45. The third kappa shape index (κ3) is 4.46. The summed E-state index contributed by atoms with van der Waals surface area (Å²) in [5.74, 6) is -0.0847. The lowest BCUT2D eigenvalue weighted by Gasteiger charge is -2.13. The van der Waals surface area contributed by atoms with E-state index in [-0.39, 0.29) is 5.91 Å². The molecule has 0 aromatic heterocycles. The maximum atomic E-state index is 12.5. The van der Waals surface area contributed by atoms with Crippen molar-refractivity contribution in [1.29, 1.82) is 0 Å². The normalized spacial score (nSPS) is 10.2. The number of anilines is 2. The lowest BCUT2D eigenvalue weighted by molar-refractivity contribution is 0.102. The van der Waals surface area contributed by atoms with E-state index >= 15 is 0 Å². The number of benzene rings is 2. The molecule has 2 N–H and O–H groups in total. The van der Waals surface area contributed by atoms with Crippen molar-refractivity contribution < 1.29 is 4.79 Å². The van der Waals surface area contributed by atoms with Gasteiger partial charge in [-0.05, 0) is 72.3 Å². The molecule has 1 amide bonds. The van der Waals surface area contributed by atoms with E-state index in [0.29, 0.717) is 5.56 Å². The van der Waals surface area contributed by atoms with E-state index in [1.54, 1.807) is 0 Å². The average molecular weight is 394 g/mol. The molecule has 0 heterocycles. The Hall–Kier alpha value is -1.56. The van der Waals surface area contributed by atoms with E-state index in [9.17, 15) is 4.79 Å². The molecule has 0 atom stereocenters. The maximum Gasteiger partial charge on any atom is 0.257 e. The first kappa shape index (κ1) is 15.8. The molecule has 0 fully saturated rings. The lowest BCUT2D eigenvalue weighted by atomic mass is 10.1. The second-order valence-electron chi connectivity index (χ2n) is 4.94. The zero-order valence-electron chi connectivity index (χ0n) is 12.2. The van der Waals surface area contributed by atoms with E-state index in [1.165, 1.54) is 0 Å². The van der Waals surface area contributed by atoms with Crippen molar-refractivity contribution in [3.8, 4) is 0 Å². The van der Waals surface area contributed by atoms with Crippen molar-refractivity contribution in [2.45, 2.75) is 20.3 Å². The predicted molar refractivity (Wildman–Crippen MR) is 97.1 cm³/mol. The summed E-state index contributed by atoms with van der Waals surface area (Å²) in [4.78, 5) is 12.5. The number of halogens is 1. The highest BCUT2D eigenvalue weighted by atomic mass is 127. The van der Waals surface area contributed by atoms with Crippen LogP contribution < -0.4 is 10.6 Å². The number of aryl methyl sites for hydroxylation is 1. The largest absolute Gasteiger partial charge is 0.384 e. The number of nitrogens with one attached hydrogen (secondary N) is 2. The van der Waals surface area contributed by atoms with E-state index in [2.05, 4.69) is 40.1 Å². The average Bonchev–Trinajstić information content (AvgIpc) is 2.48. The minimum Gasteiger partial charge on any atom is -0.384 e. The SMILES string of the molecule is CCCNc1ccc(C)cc1C(=O)Nc1ccc(I)cc1. The maximum absolute atomic E-state index is 12.5. The van der Waals surface area contributed by atoms with Gasteiger partial charge in [-0.1, -0.05) is 18.6 Å². The van der Waals surface area contributed by atoms with E-state index in [4.69, 9.17) is 0 Å². The summed E-state index contributed by atoms with van der Waals surface area (Å²) in [7, 11) is 0. The van der Waals surface area contributed by atoms with Crippen LogP contribution in [0.4, 0.5) is 11.4 Å². The molecule has 0 spiro atoms. The van der Waals surface area contributed by atoms with Crippen LogP contribution >= 0.6 is 22.6 Å². The van der Waals surface area contributed by atoms with Gasteiger partial charge in [-0.15, -0.1) is 0 Å². The van der Waals surface area contributed by atoms with Crippen LogP contribution in [0.2, 0.25) is 0 Å². The molecule has 0 saturated heterocycles. The highest BCUT2D eigenvalue weighted by Crippen LogP contribution is 2.20. The van der Waals surface area contributed by atoms with Crippen molar-refractivity contribution in [3.05, 3.63) is 57.2 Å². The second-order valence-corrected chi connectivity index (χ2v) is 6.18. The molecule has 21 heavy (non-hydrogen) atoms. The molecule has 0 unspecified atom stereocenters. The molecule has 0 radical (unpaired) electrons. The summed E-state index contributed by atoms with van der Waals surface area (Å²) in [6.45, 7) is 4.95. The molecular weight excluding hydrogens is 375 g/mol. The van der Waals surface area contributed by atoms with Crippen LogP contribution in [-0.4, -0.2) is 12.5 Å². The fourth-order valence-corrected chi connectivity index (χ4v) is 2.35. The van der Waals surface area contributed by atoms with Gasteiger partial charge in [-0.2, -0.15) is 0 Å². The van der Waals surface area contributed by atoms with Gasteiger partial charge in [0.25, 0.3) is 5.91 Å². The fraction of sp³-hybridized carbons (Fsp3) is 0.235. The zero-order valence-corrected chi connectivity index (χ0v) is 14.4. The van der Waals surface area contributed by atoms with Crippen LogP contribution in [0.15, 0.2) is 42.5 Å². The Morgan fingerprint density at radius 2 is 1.86 bits per heavy atom. The molecule has 110 valence electrons. The number of rotatable bonds is 5. The summed E-state index contributed by atoms with van der Waals surface area (Å²) >= 11 is 2.24. The molecule has 4 heteroatoms. The Bertz CT molecular complexity index is 623. The third-order valence-electron chi connectivity index (χ3n) is 3.09. The van der Waals surface area contributed by atoms with Crippen molar-refractivity contribution in [2.75, 3.05) is 17.2 Å². The van der Waals surface area contributed by atoms with Crippen LogP contribution in [0.3, 0.4) is 0 Å². The minimum absolute atomic E-state index is 0.0847. The summed E-state index contributed by atoms with van der Waals surface area (Å²) < 4.78 is 1.14. The topological polar surface area (TPSA) is 41.1 Å². The molecule has 0 bridgehead atoms. The molecule has 2 rings (SSSR count). The molecule has 0 saturated carbocycles. The van der Waals surface area contributed by atoms with Crippen molar-refractivity contribution in [2.24, 2.45) is 0 Å². The van der Waals surface area contributed by atoms with E-state index < -0.39 is 0 Å². The third-order valence-corrected chi connectivity index (χ3v) is 3.81. The first-order chi connectivity index (χ1) is 10.1. The number of carbonyl (C=O) groups is 1. The Labute approximate surface area is 139 Å². The lowest BCUT2D eigenvalue weighted by Crippen LogP contribution is -2.15. The fourth-order valence-electron chi connectivity index (χ4n) is 1.99. The van der Waals surface area contributed by atoms with Gasteiger partial charge in [0.2, 0.25) is 0 Å². The Morgan fingerprint density at radius 3 is 2.52 bits per heavy atom. The molecule has 0 aliphatic carbocycles. The zero-order chi connectivity index (χ0) is 15.2. The van der Waals surface area contributed by atoms with E-state index in [0.717, 1.165) is 33.5 Å². The van der Waals surface area contributed by atoms with Crippen LogP contribution in [0, 0.1) is 10.5 Å². The van der Waals surface area contributed by atoms with E-state index in [1.807, 2.05) is 49.4 Å². The molecule has 3 nitrogen and oxygen atoms in total. The number of amides is 1. The predicted octanol–water partition coefficient (Wildman–Crippen LogP) is 4.67.